The molecule has 0 aromatic heterocycles. The molecule has 0 bridgehead atoms. The molecule has 1 aromatic rings. The standard InChI is InChI=1S/C14H21NO4S/c1-11-10-13(6-7-14(11)19-2)20(17,18)15(8-9-16)12-4-3-5-12/h6-7,10,12,16H,3-5,8-9H2,1-2H3. The van der Waals surface area contributed by atoms with E-state index in [-0.39, 0.29) is 24.1 Å². The topological polar surface area (TPSA) is 66.8 Å². The van der Waals surface area contributed by atoms with Crippen LogP contribution in [0.3, 0.4) is 0 Å². The van der Waals surface area contributed by atoms with Gasteiger partial charge < -0.3 is 9.84 Å². The van der Waals surface area contributed by atoms with E-state index in [4.69, 9.17) is 9.84 Å². The number of methoxy groups -OCH3 is 1. The third-order valence-corrected chi connectivity index (χ3v) is 5.72. The first-order valence-electron chi connectivity index (χ1n) is 6.78. The van der Waals surface area contributed by atoms with E-state index >= 15 is 0 Å². The maximum Gasteiger partial charge on any atom is 0.243 e. The molecule has 2 rings (SSSR count). The summed E-state index contributed by atoms with van der Waals surface area (Å²) in [5.41, 5.74) is 0.783. The normalized spacial score (nSPS) is 16.2. The van der Waals surface area contributed by atoms with Crippen molar-refractivity contribution in [1.82, 2.24) is 4.31 Å². The van der Waals surface area contributed by atoms with E-state index in [1.807, 2.05) is 6.92 Å². The lowest BCUT2D eigenvalue weighted by atomic mass is 9.93. The Morgan fingerprint density at radius 2 is 2.10 bits per heavy atom. The molecular formula is C14H21NO4S. The molecule has 1 fully saturated rings. The zero-order valence-corrected chi connectivity index (χ0v) is 12.7. The van der Waals surface area contributed by atoms with E-state index in [9.17, 15) is 8.42 Å². The fraction of sp³-hybridized carbons (Fsp3) is 0.571. The molecule has 5 nitrogen and oxygen atoms in total. The minimum absolute atomic E-state index is 0.0227. The van der Waals surface area contributed by atoms with Gasteiger partial charge in [-0.2, -0.15) is 4.31 Å². The number of aryl methyl sites for hydroxylation is 1. The summed E-state index contributed by atoms with van der Waals surface area (Å²) in [7, 11) is -1.99. The smallest absolute Gasteiger partial charge is 0.243 e. The molecule has 0 atom stereocenters. The molecule has 1 aromatic carbocycles. The van der Waals surface area contributed by atoms with Gasteiger partial charge in [-0.1, -0.05) is 6.42 Å². The van der Waals surface area contributed by atoms with E-state index in [1.165, 1.54) is 4.31 Å². The first-order chi connectivity index (χ1) is 9.50. The summed E-state index contributed by atoms with van der Waals surface area (Å²) in [6.07, 6.45) is 2.78. The van der Waals surface area contributed by atoms with Gasteiger partial charge in [-0.3, -0.25) is 0 Å². The summed E-state index contributed by atoms with van der Waals surface area (Å²) in [5, 5.41) is 9.13. The first-order valence-corrected chi connectivity index (χ1v) is 8.22. The van der Waals surface area contributed by atoms with E-state index in [2.05, 4.69) is 0 Å². The molecule has 0 spiro atoms. The number of aliphatic hydroxyl groups excluding tert-OH is 1. The number of sulfonamides is 1. The van der Waals surface area contributed by atoms with Crippen LogP contribution in [0.1, 0.15) is 24.8 Å². The lowest BCUT2D eigenvalue weighted by Crippen LogP contribution is -2.45. The van der Waals surface area contributed by atoms with Gasteiger partial charge in [0.25, 0.3) is 0 Å². The number of benzene rings is 1. The molecule has 0 aliphatic heterocycles. The second-order valence-electron chi connectivity index (χ2n) is 5.06. The molecule has 0 amide bonds. The van der Waals surface area contributed by atoms with Crippen molar-refractivity contribution in [2.24, 2.45) is 0 Å². The lowest BCUT2D eigenvalue weighted by Gasteiger charge is -2.36. The lowest BCUT2D eigenvalue weighted by molar-refractivity contribution is 0.178. The van der Waals surface area contributed by atoms with Crippen LogP contribution in [-0.2, 0) is 10.0 Å². The van der Waals surface area contributed by atoms with Crippen molar-refractivity contribution in [3.8, 4) is 5.75 Å². The zero-order valence-electron chi connectivity index (χ0n) is 11.9. The quantitative estimate of drug-likeness (QED) is 0.865. The molecular weight excluding hydrogens is 278 g/mol. The fourth-order valence-electron chi connectivity index (χ4n) is 2.42. The van der Waals surface area contributed by atoms with Gasteiger partial charge in [-0.05, 0) is 43.5 Å². The predicted molar refractivity (Wildman–Crippen MR) is 76.3 cm³/mol. The molecule has 6 heteroatoms. The van der Waals surface area contributed by atoms with E-state index in [1.54, 1.807) is 25.3 Å². The SMILES string of the molecule is COc1ccc(S(=O)(=O)N(CCO)C2CCC2)cc1C. The minimum atomic E-state index is -3.55. The molecule has 20 heavy (non-hydrogen) atoms. The molecule has 1 N–H and O–H groups in total. The molecule has 112 valence electrons. The number of nitrogens with zero attached hydrogens (tertiary/aromatic N) is 1. The summed E-state index contributed by atoms with van der Waals surface area (Å²) < 4.78 is 31.9. The Morgan fingerprint density at radius 1 is 1.40 bits per heavy atom. The van der Waals surface area contributed by atoms with Crippen LogP contribution < -0.4 is 4.74 Å². The molecule has 0 heterocycles. The average molecular weight is 299 g/mol. The molecule has 1 aliphatic rings. The summed E-state index contributed by atoms with van der Waals surface area (Å²) in [5.74, 6) is 0.668. The Kier molecular flexibility index (Phi) is 4.67. The Balaban J connectivity index is 2.34. The van der Waals surface area contributed by atoms with Gasteiger partial charge in [0, 0.05) is 12.6 Å². The Hall–Kier alpha value is -1.11. The van der Waals surface area contributed by atoms with Gasteiger partial charge in [0.2, 0.25) is 10.0 Å². The highest BCUT2D eigenvalue weighted by Crippen LogP contribution is 2.31. The van der Waals surface area contributed by atoms with Gasteiger partial charge in [-0.15, -0.1) is 0 Å². The van der Waals surface area contributed by atoms with Crippen molar-refractivity contribution in [3.05, 3.63) is 23.8 Å². The van der Waals surface area contributed by atoms with Gasteiger partial charge in [-0.25, -0.2) is 8.42 Å². The number of hydrogen-bond donors (Lipinski definition) is 1. The van der Waals surface area contributed by atoms with Crippen LogP contribution in [0.25, 0.3) is 0 Å². The van der Waals surface area contributed by atoms with E-state index in [0.29, 0.717) is 5.75 Å². The highest BCUT2D eigenvalue weighted by Gasteiger charge is 2.34. The first kappa shape index (κ1) is 15.3. The molecule has 0 saturated heterocycles. The second kappa shape index (κ2) is 6.11. The van der Waals surface area contributed by atoms with Gasteiger partial charge >= 0.3 is 0 Å². The average Bonchev–Trinajstić information content (AvgIpc) is 2.36. The van der Waals surface area contributed by atoms with Crippen LogP contribution >= 0.6 is 0 Å². The fourth-order valence-corrected chi connectivity index (χ4v) is 4.18. The number of ether oxygens (including phenoxy) is 1. The van der Waals surface area contributed by atoms with Crippen molar-refractivity contribution in [2.45, 2.75) is 37.1 Å². The second-order valence-corrected chi connectivity index (χ2v) is 6.95. The summed E-state index contributed by atoms with van der Waals surface area (Å²) >= 11 is 0. The number of aliphatic hydroxyl groups is 1. The van der Waals surface area contributed by atoms with Crippen molar-refractivity contribution in [2.75, 3.05) is 20.3 Å². The molecule has 1 saturated carbocycles. The molecule has 1 aliphatic carbocycles. The van der Waals surface area contributed by atoms with Crippen molar-refractivity contribution >= 4 is 10.0 Å². The highest BCUT2D eigenvalue weighted by molar-refractivity contribution is 7.89. The molecule has 0 unspecified atom stereocenters. The van der Waals surface area contributed by atoms with Crippen LogP contribution in [-0.4, -0.2) is 44.1 Å². The molecule has 0 radical (unpaired) electrons. The van der Waals surface area contributed by atoms with Crippen LogP contribution in [0, 0.1) is 6.92 Å². The van der Waals surface area contributed by atoms with Crippen LogP contribution in [0.5, 0.6) is 5.75 Å². The third-order valence-electron chi connectivity index (χ3n) is 3.78. The third kappa shape index (κ3) is 2.82. The highest BCUT2D eigenvalue weighted by atomic mass is 32.2. The maximum atomic E-state index is 12.7. The zero-order chi connectivity index (χ0) is 14.8. The maximum absolute atomic E-state index is 12.7. The summed E-state index contributed by atoms with van der Waals surface area (Å²) in [6.45, 7) is 1.81. The summed E-state index contributed by atoms with van der Waals surface area (Å²) in [6, 6.07) is 4.87. The minimum Gasteiger partial charge on any atom is -0.496 e. The predicted octanol–water partition coefficient (Wildman–Crippen LogP) is 1.54. The number of rotatable bonds is 6. The Bertz CT molecular complexity index is 567. The van der Waals surface area contributed by atoms with E-state index in [0.717, 1.165) is 24.8 Å². The number of hydrogen-bond acceptors (Lipinski definition) is 4. The van der Waals surface area contributed by atoms with E-state index < -0.39 is 10.0 Å². The monoisotopic (exact) mass is 299 g/mol. The van der Waals surface area contributed by atoms with Gasteiger partial charge in [0.15, 0.2) is 0 Å². The van der Waals surface area contributed by atoms with Crippen LogP contribution in [0.15, 0.2) is 23.1 Å². The van der Waals surface area contributed by atoms with Crippen molar-refractivity contribution in [3.63, 3.8) is 0 Å². The summed E-state index contributed by atoms with van der Waals surface area (Å²) in [4.78, 5) is 0.260. The Morgan fingerprint density at radius 3 is 2.55 bits per heavy atom. The Labute approximate surface area is 120 Å². The van der Waals surface area contributed by atoms with Gasteiger partial charge in [0.1, 0.15) is 5.75 Å². The van der Waals surface area contributed by atoms with Crippen LogP contribution in [0.2, 0.25) is 0 Å². The van der Waals surface area contributed by atoms with Crippen molar-refractivity contribution in [1.29, 1.82) is 0 Å². The van der Waals surface area contributed by atoms with Crippen LogP contribution in [0.4, 0.5) is 0 Å². The van der Waals surface area contributed by atoms with Crippen molar-refractivity contribution < 1.29 is 18.3 Å². The van der Waals surface area contributed by atoms with Gasteiger partial charge in [0.05, 0.1) is 18.6 Å². The largest absolute Gasteiger partial charge is 0.496 e.